The van der Waals surface area contributed by atoms with Crippen LogP contribution in [-0.2, 0) is 10.0 Å². The minimum absolute atomic E-state index is 0.0980. The minimum atomic E-state index is -3.20. The number of hydrogen-bond donors (Lipinski definition) is 2. The Labute approximate surface area is 128 Å². The fourth-order valence-electron chi connectivity index (χ4n) is 2.26. The van der Waals surface area contributed by atoms with Crippen molar-refractivity contribution in [3.8, 4) is 0 Å². The van der Waals surface area contributed by atoms with E-state index in [0.29, 0.717) is 31.6 Å². The summed E-state index contributed by atoms with van der Waals surface area (Å²) in [4.78, 5) is 18.3. The molecular formula is C12H20N4O3S2. The summed E-state index contributed by atoms with van der Waals surface area (Å²) in [5, 5.41) is 2.47. The van der Waals surface area contributed by atoms with Crippen LogP contribution in [0, 0.1) is 0 Å². The molecule has 0 bridgehead atoms. The summed E-state index contributed by atoms with van der Waals surface area (Å²) in [5.74, 6) is -0.115. The third-order valence-corrected chi connectivity index (χ3v) is 5.10. The standard InChI is InChI=1S/C12H20N4O3S2/c1-8(13)11-14-10(7-20-11)12(17)16-5-3-9(4-6-16)15-21(2,18)19/h7-9,15H,3-6,13H2,1-2H3. The lowest BCUT2D eigenvalue weighted by Crippen LogP contribution is -2.46. The Hall–Kier alpha value is -1.03. The van der Waals surface area contributed by atoms with Gasteiger partial charge in [-0.1, -0.05) is 0 Å². The summed E-state index contributed by atoms with van der Waals surface area (Å²) >= 11 is 1.38. The molecule has 1 aromatic rings. The average Bonchev–Trinajstić information content (AvgIpc) is 2.86. The molecule has 1 unspecified atom stereocenters. The van der Waals surface area contributed by atoms with Crippen LogP contribution in [0.15, 0.2) is 5.38 Å². The molecule has 2 rings (SSSR count). The Morgan fingerprint density at radius 2 is 2.14 bits per heavy atom. The monoisotopic (exact) mass is 332 g/mol. The van der Waals surface area contributed by atoms with Gasteiger partial charge in [0.1, 0.15) is 10.7 Å². The summed E-state index contributed by atoms with van der Waals surface area (Å²) < 4.78 is 25.0. The van der Waals surface area contributed by atoms with Crippen LogP contribution in [0.5, 0.6) is 0 Å². The number of carbonyl (C=O) groups is 1. The second kappa shape index (κ2) is 6.39. The van der Waals surface area contributed by atoms with Gasteiger partial charge in [-0.15, -0.1) is 11.3 Å². The van der Waals surface area contributed by atoms with Crippen LogP contribution < -0.4 is 10.5 Å². The van der Waals surface area contributed by atoms with E-state index in [1.54, 1.807) is 10.3 Å². The van der Waals surface area contributed by atoms with E-state index in [1.807, 2.05) is 6.92 Å². The van der Waals surface area contributed by atoms with Crippen LogP contribution in [0.25, 0.3) is 0 Å². The molecule has 1 saturated heterocycles. The van der Waals surface area contributed by atoms with E-state index in [1.165, 1.54) is 11.3 Å². The highest BCUT2D eigenvalue weighted by Crippen LogP contribution is 2.19. The van der Waals surface area contributed by atoms with Crippen molar-refractivity contribution in [3.63, 3.8) is 0 Å². The van der Waals surface area contributed by atoms with Crippen LogP contribution in [0.4, 0.5) is 0 Å². The first kappa shape index (κ1) is 16.3. The quantitative estimate of drug-likeness (QED) is 0.826. The highest BCUT2D eigenvalue weighted by molar-refractivity contribution is 7.88. The molecular weight excluding hydrogens is 312 g/mol. The van der Waals surface area contributed by atoms with Crippen LogP contribution >= 0.6 is 11.3 Å². The van der Waals surface area contributed by atoms with Crippen LogP contribution in [0.3, 0.4) is 0 Å². The smallest absolute Gasteiger partial charge is 0.273 e. The summed E-state index contributed by atoms with van der Waals surface area (Å²) in [6, 6.07) is -0.277. The van der Waals surface area contributed by atoms with E-state index in [4.69, 9.17) is 5.73 Å². The van der Waals surface area contributed by atoms with Crippen molar-refractivity contribution >= 4 is 27.3 Å². The molecule has 0 saturated carbocycles. The van der Waals surface area contributed by atoms with Gasteiger partial charge in [0.25, 0.3) is 5.91 Å². The topological polar surface area (TPSA) is 105 Å². The lowest BCUT2D eigenvalue weighted by Gasteiger charge is -2.31. The first-order valence-corrected chi connectivity index (χ1v) is 9.51. The minimum Gasteiger partial charge on any atom is -0.337 e. The molecule has 1 amide bonds. The number of amides is 1. The molecule has 1 atom stereocenters. The van der Waals surface area contributed by atoms with Crippen molar-refractivity contribution in [3.05, 3.63) is 16.1 Å². The van der Waals surface area contributed by atoms with Crippen LogP contribution in [0.2, 0.25) is 0 Å². The van der Waals surface area contributed by atoms with Gasteiger partial charge in [-0.3, -0.25) is 4.79 Å². The van der Waals surface area contributed by atoms with E-state index in [0.717, 1.165) is 11.3 Å². The Morgan fingerprint density at radius 1 is 1.52 bits per heavy atom. The Kier molecular flexibility index (Phi) is 4.97. The van der Waals surface area contributed by atoms with Crippen molar-refractivity contribution in [1.82, 2.24) is 14.6 Å². The van der Waals surface area contributed by atoms with Gasteiger partial charge in [0.2, 0.25) is 10.0 Å². The molecule has 21 heavy (non-hydrogen) atoms. The van der Waals surface area contributed by atoms with E-state index < -0.39 is 10.0 Å². The summed E-state index contributed by atoms with van der Waals surface area (Å²) in [6.07, 6.45) is 2.38. The van der Waals surface area contributed by atoms with Crippen molar-refractivity contribution in [2.24, 2.45) is 5.73 Å². The van der Waals surface area contributed by atoms with Crippen LogP contribution in [0.1, 0.15) is 41.3 Å². The van der Waals surface area contributed by atoms with Gasteiger partial charge in [-0.05, 0) is 19.8 Å². The number of likely N-dealkylation sites (tertiary alicyclic amines) is 1. The van der Waals surface area contributed by atoms with Crippen molar-refractivity contribution in [2.75, 3.05) is 19.3 Å². The van der Waals surface area contributed by atoms with Crippen molar-refractivity contribution in [2.45, 2.75) is 31.8 Å². The lowest BCUT2D eigenvalue weighted by molar-refractivity contribution is 0.0706. The lowest BCUT2D eigenvalue weighted by atomic mass is 10.1. The third kappa shape index (κ3) is 4.47. The molecule has 3 N–H and O–H groups in total. The second-order valence-electron chi connectivity index (χ2n) is 5.32. The molecule has 7 nitrogen and oxygen atoms in total. The molecule has 1 aliphatic heterocycles. The zero-order valence-electron chi connectivity index (χ0n) is 12.1. The van der Waals surface area contributed by atoms with Gasteiger partial charge in [-0.2, -0.15) is 0 Å². The normalized spacial score (nSPS) is 18.7. The maximum absolute atomic E-state index is 12.3. The van der Waals surface area contributed by atoms with Crippen LogP contribution in [-0.4, -0.2) is 49.6 Å². The maximum atomic E-state index is 12.3. The first-order valence-electron chi connectivity index (χ1n) is 6.74. The molecule has 0 aliphatic carbocycles. The van der Waals surface area contributed by atoms with Crippen molar-refractivity contribution < 1.29 is 13.2 Å². The summed E-state index contributed by atoms with van der Waals surface area (Å²) in [5.41, 5.74) is 6.16. The largest absolute Gasteiger partial charge is 0.337 e. The number of piperidine rings is 1. The van der Waals surface area contributed by atoms with E-state index in [-0.39, 0.29) is 18.0 Å². The number of hydrogen-bond acceptors (Lipinski definition) is 6. The Bertz CT molecular complexity index is 604. The number of aromatic nitrogens is 1. The highest BCUT2D eigenvalue weighted by atomic mass is 32.2. The van der Waals surface area contributed by atoms with Gasteiger partial charge >= 0.3 is 0 Å². The van der Waals surface area contributed by atoms with Gasteiger partial charge in [-0.25, -0.2) is 18.1 Å². The first-order chi connectivity index (χ1) is 9.76. The van der Waals surface area contributed by atoms with Gasteiger partial charge in [0.05, 0.1) is 12.3 Å². The molecule has 118 valence electrons. The summed E-state index contributed by atoms with van der Waals surface area (Å²) in [6.45, 7) is 2.88. The molecule has 0 radical (unpaired) electrons. The predicted octanol–water partition coefficient (Wildman–Crippen LogP) is 0.317. The fourth-order valence-corrected chi connectivity index (χ4v) is 3.85. The number of thiazole rings is 1. The van der Waals surface area contributed by atoms with E-state index in [9.17, 15) is 13.2 Å². The molecule has 2 heterocycles. The molecule has 0 spiro atoms. The zero-order valence-corrected chi connectivity index (χ0v) is 13.7. The Morgan fingerprint density at radius 3 is 2.62 bits per heavy atom. The third-order valence-electron chi connectivity index (χ3n) is 3.29. The summed E-state index contributed by atoms with van der Waals surface area (Å²) in [7, 11) is -3.20. The van der Waals surface area contributed by atoms with Gasteiger partial charge in [0.15, 0.2) is 0 Å². The van der Waals surface area contributed by atoms with E-state index >= 15 is 0 Å². The number of nitrogens with zero attached hydrogens (tertiary/aromatic N) is 2. The molecule has 9 heteroatoms. The number of rotatable bonds is 4. The number of nitrogens with two attached hydrogens (primary N) is 1. The fraction of sp³-hybridized carbons (Fsp3) is 0.667. The van der Waals surface area contributed by atoms with Crippen molar-refractivity contribution in [1.29, 1.82) is 0 Å². The number of nitrogens with one attached hydrogen (secondary N) is 1. The highest BCUT2D eigenvalue weighted by Gasteiger charge is 2.26. The number of sulfonamides is 1. The SMILES string of the molecule is CC(N)c1nc(C(=O)N2CCC(NS(C)(=O)=O)CC2)cs1. The van der Waals surface area contributed by atoms with Gasteiger partial charge in [0, 0.05) is 24.5 Å². The Balaban J connectivity index is 1.93. The average molecular weight is 332 g/mol. The molecule has 1 fully saturated rings. The van der Waals surface area contributed by atoms with E-state index in [2.05, 4.69) is 9.71 Å². The molecule has 0 aromatic carbocycles. The second-order valence-corrected chi connectivity index (χ2v) is 7.99. The van der Waals surface area contributed by atoms with Gasteiger partial charge < -0.3 is 10.6 Å². The number of carbonyl (C=O) groups excluding carboxylic acids is 1. The predicted molar refractivity (Wildman–Crippen MR) is 81.6 cm³/mol. The molecule has 1 aromatic heterocycles. The zero-order chi connectivity index (χ0) is 15.6. The molecule has 1 aliphatic rings. The maximum Gasteiger partial charge on any atom is 0.273 e.